The van der Waals surface area contributed by atoms with E-state index >= 15 is 0 Å². The molecule has 28 heavy (non-hydrogen) atoms. The van der Waals surface area contributed by atoms with Gasteiger partial charge < -0.3 is 9.73 Å². The Morgan fingerprint density at radius 3 is 2.43 bits per heavy atom. The van der Waals surface area contributed by atoms with E-state index in [1.807, 2.05) is 32.0 Å². The molecule has 2 aromatic carbocycles. The fourth-order valence-electron chi connectivity index (χ4n) is 2.76. The van der Waals surface area contributed by atoms with Crippen molar-refractivity contribution < 1.29 is 17.6 Å². The van der Waals surface area contributed by atoms with Gasteiger partial charge >= 0.3 is 0 Å². The summed E-state index contributed by atoms with van der Waals surface area (Å²) in [4.78, 5) is 12.4. The maximum absolute atomic E-state index is 12.6. The third kappa shape index (κ3) is 4.81. The molecule has 3 rings (SSSR count). The van der Waals surface area contributed by atoms with Crippen molar-refractivity contribution in [3.8, 4) is 0 Å². The molecule has 1 aromatic heterocycles. The molecule has 0 unspecified atom stereocenters. The van der Waals surface area contributed by atoms with E-state index < -0.39 is 15.9 Å². The lowest BCUT2D eigenvalue weighted by molar-refractivity contribution is 0.102. The highest BCUT2D eigenvalue weighted by molar-refractivity contribution is 7.89. The zero-order chi connectivity index (χ0) is 20.3. The quantitative estimate of drug-likeness (QED) is 0.625. The highest BCUT2D eigenvalue weighted by Crippen LogP contribution is 2.24. The van der Waals surface area contributed by atoms with Crippen molar-refractivity contribution in [1.82, 2.24) is 4.72 Å². The van der Waals surface area contributed by atoms with Crippen molar-refractivity contribution in [3.05, 3.63) is 82.3 Å². The molecule has 0 aliphatic heterocycles. The molecular weight excluding hydrogens is 400 g/mol. The van der Waals surface area contributed by atoms with Crippen LogP contribution in [0.5, 0.6) is 0 Å². The third-order valence-electron chi connectivity index (χ3n) is 3.98. The van der Waals surface area contributed by atoms with E-state index in [9.17, 15) is 13.2 Å². The van der Waals surface area contributed by atoms with Gasteiger partial charge in [0, 0.05) is 11.3 Å². The van der Waals surface area contributed by atoms with Crippen LogP contribution in [0.2, 0.25) is 5.02 Å². The monoisotopic (exact) mass is 418 g/mol. The molecule has 8 heteroatoms. The Morgan fingerprint density at radius 2 is 1.79 bits per heavy atom. The normalized spacial score (nSPS) is 11.4. The second-order valence-corrected chi connectivity index (χ2v) is 8.52. The third-order valence-corrected chi connectivity index (χ3v) is 5.86. The number of sulfonamides is 1. The van der Waals surface area contributed by atoms with Gasteiger partial charge in [-0.1, -0.05) is 17.7 Å². The van der Waals surface area contributed by atoms with E-state index in [4.69, 9.17) is 16.0 Å². The molecule has 0 atom stereocenters. The summed E-state index contributed by atoms with van der Waals surface area (Å²) < 4.78 is 32.7. The Balaban J connectivity index is 1.82. The van der Waals surface area contributed by atoms with Gasteiger partial charge in [0.05, 0.1) is 17.8 Å². The molecular formula is C20H19ClN2O4S. The zero-order valence-corrected chi connectivity index (χ0v) is 16.9. The summed E-state index contributed by atoms with van der Waals surface area (Å²) in [6, 6.07) is 13.1. The minimum absolute atomic E-state index is 0.0231. The van der Waals surface area contributed by atoms with Gasteiger partial charge in [0.25, 0.3) is 5.91 Å². The largest absolute Gasteiger partial charge is 0.468 e. The SMILES string of the molecule is Cc1cc(C)cc(NC(=O)c2ccc(Cl)c(S(=O)(=O)NCc3ccco3)c2)c1. The Hall–Kier alpha value is -2.61. The number of halogens is 1. The number of anilines is 1. The molecule has 1 heterocycles. The molecule has 146 valence electrons. The van der Waals surface area contributed by atoms with Crippen LogP contribution < -0.4 is 10.0 Å². The fourth-order valence-corrected chi connectivity index (χ4v) is 4.27. The second-order valence-electron chi connectivity index (χ2n) is 6.38. The first-order valence-corrected chi connectivity index (χ1v) is 10.3. The van der Waals surface area contributed by atoms with Gasteiger partial charge in [-0.3, -0.25) is 4.79 Å². The maximum Gasteiger partial charge on any atom is 0.255 e. The van der Waals surface area contributed by atoms with Crippen LogP contribution in [-0.2, 0) is 16.6 Å². The van der Waals surface area contributed by atoms with Crippen molar-refractivity contribution in [2.75, 3.05) is 5.32 Å². The van der Waals surface area contributed by atoms with Crippen LogP contribution in [0.25, 0.3) is 0 Å². The molecule has 0 saturated carbocycles. The smallest absolute Gasteiger partial charge is 0.255 e. The number of hydrogen-bond donors (Lipinski definition) is 2. The van der Waals surface area contributed by atoms with Crippen LogP contribution >= 0.6 is 11.6 Å². The second kappa shape index (κ2) is 8.18. The van der Waals surface area contributed by atoms with E-state index in [0.29, 0.717) is 11.4 Å². The molecule has 0 saturated heterocycles. The number of benzene rings is 2. The Bertz CT molecular complexity index is 1090. The van der Waals surface area contributed by atoms with Gasteiger partial charge in [0.15, 0.2) is 0 Å². The number of aryl methyl sites for hydroxylation is 2. The minimum Gasteiger partial charge on any atom is -0.468 e. The summed E-state index contributed by atoms with van der Waals surface area (Å²) in [6.45, 7) is 3.84. The van der Waals surface area contributed by atoms with Crippen molar-refractivity contribution in [3.63, 3.8) is 0 Å². The lowest BCUT2D eigenvalue weighted by atomic mass is 10.1. The summed E-state index contributed by atoms with van der Waals surface area (Å²) in [5.41, 5.74) is 2.84. The fraction of sp³-hybridized carbons (Fsp3) is 0.150. The van der Waals surface area contributed by atoms with Crippen molar-refractivity contribution >= 4 is 33.2 Å². The van der Waals surface area contributed by atoms with Crippen LogP contribution in [0.15, 0.2) is 64.1 Å². The predicted octanol–water partition coefficient (Wildman–Crippen LogP) is 4.28. The number of hydrogen-bond acceptors (Lipinski definition) is 4. The van der Waals surface area contributed by atoms with E-state index in [2.05, 4.69) is 10.0 Å². The molecule has 0 aliphatic rings. The summed E-state index contributed by atoms with van der Waals surface area (Å²) >= 11 is 6.07. The molecule has 1 amide bonds. The van der Waals surface area contributed by atoms with Gasteiger partial charge in [-0.25, -0.2) is 13.1 Å². The maximum atomic E-state index is 12.6. The first kappa shape index (κ1) is 20.1. The van der Waals surface area contributed by atoms with Crippen LogP contribution in [0.4, 0.5) is 5.69 Å². The average Bonchev–Trinajstić information content (AvgIpc) is 3.13. The highest BCUT2D eigenvalue weighted by Gasteiger charge is 2.20. The summed E-state index contributed by atoms with van der Waals surface area (Å²) in [5.74, 6) is 0.0348. The average molecular weight is 419 g/mol. The number of rotatable bonds is 6. The Kier molecular flexibility index (Phi) is 5.88. The lowest BCUT2D eigenvalue weighted by Gasteiger charge is -2.11. The number of carbonyl (C=O) groups is 1. The highest BCUT2D eigenvalue weighted by atomic mass is 35.5. The first-order chi connectivity index (χ1) is 13.2. The summed E-state index contributed by atoms with van der Waals surface area (Å²) in [7, 11) is -3.93. The Labute approximate surface area is 168 Å². The lowest BCUT2D eigenvalue weighted by Crippen LogP contribution is -2.24. The van der Waals surface area contributed by atoms with Crippen LogP contribution in [0, 0.1) is 13.8 Å². The van der Waals surface area contributed by atoms with E-state index in [0.717, 1.165) is 11.1 Å². The molecule has 0 bridgehead atoms. The van der Waals surface area contributed by atoms with Gasteiger partial charge in [-0.05, 0) is 67.4 Å². The topological polar surface area (TPSA) is 88.4 Å². The molecule has 6 nitrogen and oxygen atoms in total. The molecule has 0 fully saturated rings. The summed E-state index contributed by atoms with van der Waals surface area (Å²) in [6.07, 6.45) is 1.45. The molecule has 0 aliphatic carbocycles. The minimum atomic E-state index is -3.93. The summed E-state index contributed by atoms with van der Waals surface area (Å²) in [5, 5.41) is 2.80. The zero-order valence-electron chi connectivity index (χ0n) is 15.3. The first-order valence-electron chi connectivity index (χ1n) is 8.46. The number of nitrogens with one attached hydrogen (secondary N) is 2. The van der Waals surface area contributed by atoms with E-state index in [1.54, 1.807) is 12.1 Å². The van der Waals surface area contributed by atoms with Gasteiger partial charge in [0.1, 0.15) is 10.7 Å². The predicted molar refractivity (Wildman–Crippen MR) is 108 cm³/mol. The standard InChI is InChI=1S/C20H19ClN2O4S/c1-13-8-14(2)10-16(9-13)23-20(24)15-5-6-18(21)19(11-15)28(25,26)22-12-17-4-3-7-27-17/h3-11,22H,12H2,1-2H3,(H,23,24). The number of amides is 1. The molecule has 2 N–H and O–H groups in total. The van der Waals surface area contributed by atoms with Gasteiger partial charge in [-0.2, -0.15) is 0 Å². The number of carbonyl (C=O) groups excluding carboxylic acids is 1. The van der Waals surface area contributed by atoms with Gasteiger partial charge in [0.2, 0.25) is 10.0 Å². The molecule has 0 spiro atoms. The number of furan rings is 1. The van der Waals surface area contributed by atoms with Gasteiger partial charge in [-0.15, -0.1) is 0 Å². The van der Waals surface area contributed by atoms with Crippen molar-refractivity contribution in [2.45, 2.75) is 25.3 Å². The van der Waals surface area contributed by atoms with Crippen molar-refractivity contribution in [1.29, 1.82) is 0 Å². The van der Waals surface area contributed by atoms with E-state index in [1.165, 1.54) is 24.5 Å². The van der Waals surface area contributed by atoms with E-state index in [-0.39, 0.29) is 22.0 Å². The molecule has 0 radical (unpaired) electrons. The van der Waals surface area contributed by atoms with Crippen molar-refractivity contribution in [2.24, 2.45) is 0 Å². The molecule has 3 aromatic rings. The Morgan fingerprint density at radius 1 is 1.07 bits per heavy atom. The van der Waals surface area contributed by atoms with Crippen LogP contribution in [0.1, 0.15) is 27.2 Å². The van der Waals surface area contributed by atoms with Crippen LogP contribution in [-0.4, -0.2) is 14.3 Å². The van der Waals surface area contributed by atoms with Crippen LogP contribution in [0.3, 0.4) is 0 Å².